The number of nitrogens with zero attached hydrogens (tertiary/aromatic N) is 3. The third kappa shape index (κ3) is 5.06. The van der Waals surface area contributed by atoms with Crippen LogP contribution in [-0.4, -0.2) is 41.4 Å². The van der Waals surface area contributed by atoms with Crippen molar-refractivity contribution in [2.24, 2.45) is 5.73 Å². The highest BCUT2D eigenvalue weighted by molar-refractivity contribution is 6.04. The predicted molar refractivity (Wildman–Crippen MR) is 140 cm³/mol. The van der Waals surface area contributed by atoms with Gasteiger partial charge in [0.05, 0.1) is 5.39 Å². The molecule has 0 unspecified atom stereocenters. The largest absolute Gasteiger partial charge is 0.486 e. The second-order valence-electron chi connectivity index (χ2n) is 8.37. The van der Waals surface area contributed by atoms with Gasteiger partial charge < -0.3 is 20.1 Å². The van der Waals surface area contributed by atoms with E-state index in [9.17, 15) is 14.4 Å². The smallest absolute Gasteiger partial charge is 0.275 e. The minimum absolute atomic E-state index is 0.0714. The summed E-state index contributed by atoms with van der Waals surface area (Å²) in [5.41, 5.74) is 6.51. The van der Waals surface area contributed by atoms with Gasteiger partial charge in [0.15, 0.2) is 17.2 Å². The summed E-state index contributed by atoms with van der Waals surface area (Å²) in [5, 5.41) is 4.74. The van der Waals surface area contributed by atoms with Crippen LogP contribution in [0.1, 0.15) is 16.1 Å². The molecule has 9 nitrogen and oxygen atoms in total. The van der Waals surface area contributed by atoms with E-state index in [1.165, 1.54) is 4.90 Å². The molecule has 2 N–H and O–H groups in total. The third-order valence-electron chi connectivity index (χ3n) is 5.92. The maximum atomic E-state index is 13.6. The second-order valence-corrected chi connectivity index (χ2v) is 8.37. The van der Waals surface area contributed by atoms with E-state index in [4.69, 9.17) is 15.2 Å². The topological polar surface area (TPSA) is 117 Å². The van der Waals surface area contributed by atoms with Crippen molar-refractivity contribution in [1.29, 1.82) is 0 Å². The van der Waals surface area contributed by atoms with Gasteiger partial charge in [-0.05, 0) is 23.8 Å². The lowest BCUT2D eigenvalue weighted by Gasteiger charge is -2.25. The van der Waals surface area contributed by atoms with Crippen molar-refractivity contribution in [2.75, 3.05) is 24.7 Å². The number of aromatic nitrogens is 2. The van der Waals surface area contributed by atoms with Crippen LogP contribution in [0.25, 0.3) is 16.8 Å². The van der Waals surface area contributed by atoms with Gasteiger partial charge in [-0.25, -0.2) is 4.68 Å². The molecule has 0 aliphatic carbocycles. The molecule has 1 aliphatic rings. The maximum Gasteiger partial charge on any atom is 0.275 e. The number of rotatable bonds is 7. The third-order valence-corrected chi connectivity index (χ3v) is 5.92. The number of fused-ring (bicyclic) bond motifs is 2. The molecule has 4 aromatic rings. The molecule has 2 amide bonds. The van der Waals surface area contributed by atoms with Gasteiger partial charge in [0.1, 0.15) is 19.8 Å². The number of carbonyl (C=O) groups is 2. The van der Waals surface area contributed by atoms with E-state index < -0.39 is 23.9 Å². The van der Waals surface area contributed by atoms with Gasteiger partial charge in [-0.3, -0.25) is 14.4 Å². The molecule has 9 heteroatoms. The minimum Gasteiger partial charge on any atom is -0.486 e. The van der Waals surface area contributed by atoms with Gasteiger partial charge in [-0.2, -0.15) is 5.10 Å². The zero-order valence-electron chi connectivity index (χ0n) is 19.9. The molecule has 0 spiro atoms. The van der Waals surface area contributed by atoms with Crippen LogP contribution < -0.4 is 25.7 Å². The average molecular weight is 497 g/mol. The van der Waals surface area contributed by atoms with Gasteiger partial charge in [-0.1, -0.05) is 60.7 Å². The van der Waals surface area contributed by atoms with Crippen LogP contribution in [0.3, 0.4) is 0 Å². The van der Waals surface area contributed by atoms with E-state index in [0.717, 1.165) is 10.2 Å². The lowest BCUT2D eigenvalue weighted by Crippen LogP contribution is -2.38. The van der Waals surface area contributed by atoms with Crippen molar-refractivity contribution < 1.29 is 19.1 Å². The molecule has 0 fully saturated rings. The maximum absolute atomic E-state index is 13.6. The standard InChI is InChI=1S/C28H24N4O5/c29-27(34)26-21-10-4-5-11-22(21)28(35)32(30-26)18-25(33)31(14-6-9-19-7-2-1-3-8-19)20-12-13-23-24(17-20)37-16-15-36-23/h1-13,17H,14-16,18H2,(H2,29,34)/b9-6+. The number of benzene rings is 3. The number of hydrogen-bond acceptors (Lipinski definition) is 6. The first kappa shape index (κ1) is 23.8. The monoisotopic (exact) mass is 496 g/mol. The molecule has 0 radical (unpaired) electrons. The number of ether oxygens (including phenoxy) is 2. The highest BCUT2D eigenvalue weighted by Crippen LogP contribution is 2.34. The first-order valence-corrected chi connectivity index (χ1v) is 11.7. The van der Waals surface area contributed by atoms with Crippen molar-refractivity contribution >= 4 is 34.4 Å². The van der Waals surface area contributed by atoms with Crippen molar-refractivity contribution in [1.82, 2.24) is 9.78 Å². The molecule has 1 aromatic heterocycles. The summed E-state index contributed by atoms with van der Waals surface area (Å²) in [7, 11) is 0. The quantitative estimate of drug-likeness (QED) is 0.420. The van der Waals surface area contributed by atoms with E-state index in [0.29, 0.717) is 35.8 Å². The molecule has 37 heavy (non-hydrogen) atoms. The van der Waals surface area contributed by atoms with Crippen LogP contribution in [0.5, 0.6) is 11.5 Å². The van der Waals surface area contributed by atoms with Crippen molar-refractivity contribution in [2.45, 2.75) is 6.54 Å². The van der Waals surface area contributed by atoms with Gasteiger partial charge in [0, 0.05) is 23.7 Å². The highest BCUT2D eigenvalue weighted by atomic mass is 16.6. The van der Waals surface area contributed by atoms with Crippen LogP contribution in [0.4, 0.5) is 5.69 Å². The normalized spacial score (nSPS) is 12.5. The Morgan fingerprint density at radius 1 is 0.946 bits per heavy atom. The van der Waals surface area contributed by atoms with Crippen LogP contribution in [0.15, 0.2) is 83.7 Å². The van der Waals surface area contributed by atoms with E-state index in [-0.39, 0.29) is 17.6 Å². The summed E-state index contributed by atoms with van der Waals surface area (Å²) in [5.74, 6) is -0.0621. The molecule has 3 aromatic carbocycles. The fourth-order valence-corrected chi connectivity index (χ4v) is 4.15. The highest BCUT2D eigenvalue weighted by Gasteiger charge is 2.22. The summed E-state index contributed by atoms with van der Waals surface area (Å²) in [4.78, 5) is 40.3. The Morgan fingerprint density at radius 2 is 1.65 bits per heavy atom. The number of primary amides is 1. The average Bonchev–Trinajstić information content (AvgIpc) is 2.93. The summed E-state index contributed by atoms with van der Waals surface area (Å²) in [6.45, 7) is 0.689. The summed E-state index contributed by atoms with van der Waals surface area (Å²) in [6.07, 6.45) is 3.76. The van der Waals surface area contributed by atoms with Crippen molar-refractivity contribution in [3.8, 4) is 11.5 Å². The molecule has 186 valence electrons. The number of nitrogens with two attached hydrogens (primary N) is 1. The van der Waals surface area contributed by atoms with E-state index in [1.54, 1.807) is 42.5 Å². The zero-order chi connectivity index (χ0) is 25.8. The minimum atomic E-state index is -0.785. The molecule has 2 heterocycles. The van der Waals surface area contributed by atoms with Crippen molar-refractivity contribution in [3.63, 3.8) is 0 Å². The number of amides is 2. The summed E-state index contributed by atoms with van der Waals surface area (Å²) >= 11 is 0. The van der Waals surface area contributed by atoms with Crippen molar-refractivity contribution in [3.05, 3.63) is 100 Å². The fraction of sp³-hybridized carbons (Fsp3) is 0.143. The van der Waals surface area contributed by atoms with E-state index >= 15 is 0 Å². The van der Waals surface area contributed by atoms with Crippen LogP contribution in [0.2, 0.25) is 0 Å². The number of carbonyl (C=O) groups excluding carboxylic acids is 2. The second kappa shape index (κ2) is 10.4. The first-order valence-electron chi connectivity index (χ1n) is 11.7. The molecule has 5 rings (SSSR count). The fourth-order valence-electron chi connectivity index (χ4n) is 4.15. The molecule has 0 saturated carbocycles. The summed E-state index contributed by atoms with van der Waals surface area (Å²) in [6, 6.07) is 21.5. The van der Waals surface area contributed by atoms with Gasteiger partial charge in [0.25, 0.3) is 11.5 Å². The van der Waals surface area contributed by atoms with Crippen LogP contribution >= 0.6 is 0 Å². The number of anilines is 1. The van der Waals surface area contributed by atoms with Gasteiger partial charge in [0.2, 0.25) is 5.91 Å². The first-order chi connectivity index (χ1) is 18.0. The van der Waals surface area contributed by atoms with Crippen LogP contribution in [-0.2, 0) is 11.3 Å². The zero-order valence-corrected chi connectivity index (χ0v) is 19.9. The van der Waals surface area contributed by atoms with Gasteiger partial charge in [-0.15, -0.1) is 0 Å². The van der Waals surface area contributed by atoms with E-state index in [1.807, 2.05) is 42.5 Å². The Morgan fingerprint density at radius 3 is 2.41 bits per heavy atom. The molecule has 0 atom stereocenters. The lowest BCUT2D eigenvalue weighted by atomic mass is 10.1. The Hall–Kier alpha value is -4.92. The molecule has 0 saturated heterocycles. The molecule has 0 bridgehead atoms. The number of hydrogen-bond donors (Lipinski definition) is 1. The Bertz CT molecular complexity index is 1560. The predicted octanol–water partition coefficient (Wildman–Crippen LogP) is 3.01. The Balaban J connectivity index is 1.50. The Kier molecular flexibility index (Phi) is 6.67. The molecule has 1 aliphatic heterocycles. The lowest BCUT2D eigenvalue weighted by molar-refractivity contribution is -0.119. The molecular formula is C28H24N4O5. The van der Waals surface area contributed by atoms with E-state index in [2.05, 4.69) is 5.10 Å². The Labute approximate surface area is 212 Å². The SMILES string of the molecule is NC(=O)c1nn(CC(=O)N(C/C=C/c2ccccc2)c2ccc3c(c2)OCCO3)c(=O)c2ccccc12. The van der Waals surface area contributed by atoms with Crippen LogP contribution in [0, 0.1) is 0 Å². The van der Waals surface area contributed by atoms with Gasteiger partial charge >= 0.3 is 0 Å². The molecular weight excluding hydrogens is 472 g/mol. The summed E-state index contributed by atoms with van der Waals surface area (Å²) < 4.78 is 12.3.